The Bertz CT molecular complexity index is 1520. The predicted octanol–water partition coefficient (Wildman–Crippen LogP) is 4.91. The molecule has 0 bridgehead atoms. The summed E-state index contributed by atoms with van der Waals surface area (Å²) in [6, 6.07) is 27.9. The molecule has 5 rings (SSSR count). The molecule has 1 aliphatic rings. The number of hydrogen-bond donors (Lipinski definition) is 1. The Morgan fingerprint density at radius 2 is 1.51 bits per heavy atom. The lowest BCUT2D eigenvalue weighted by Gasteiger charge is -2.35. The number of rotatable bonds is 8. The van der Waals surface area contributed by atoms with Crippen LogP contribution in [0.4, 0.5) is 17.1 Å². The van der Waals surface area contributed by atoms with Crippen LogP contribution in [0.2, 0.25) is 0 Å². The van der Waals surface area contributed by atoms with Crippen LogP contribution in [0.3, 0.4) is 0 Å². The van der Waals surface area contributed by atoms with Gasteiger partial charge in [-0.3, -0.25) is 10.1 Å². The van der Waals surface area contributed by atoms with Gasteiger partial charge in [-0.1, -0.05) is 60.7 Å². The predicted molar refractivity (Wildman–Crippen MR) is 147 cm³/mol. The minimum Gasteiger partial charge on any atom is -0.379 e. The summed E-state index contributed by atoms with van der Waals surface area (Å²) in [5.41, 5.74) is 2.46. The molecular formula is C28H28N4O4S. The fraction of sp³-hybridized carbons (Fsp3) is 0.214. The highest BCUT2D eigenvalue weighted by Gasteiger charge is 2.29. The minimum atomic E-state index is -3.62. The number of piperazine rings is 1. The summed E-state index contributed by atoms with van der Waals surface area (Å²) >= 11 is 0. The lowest BCUT2D eigenvalue weighted by atomic mass is 10.1. The average Bonchev–Trinajstić information content (AvgIpc) is 2.93. The quantitative estimate of drug-likeness (QED) is 0.264. The van der Waals surface area contributed by atoms with Crippen LogP contribution in [-0.4, -0.2) is 50.4 Å². The van der Waals surface area contributed by atoms with Crippen LogP contribution in [0, 0.1) is 10.1 Å². The van der Waals surface area contributed by atoms with Gasteiger partial charge in [0, 0.05) is 44.5 Å². The number of nitrogens with one attached hydrogen (secondary N) is 1. The third kappa shape index (κ3) is 5.42. The largest absolute Gasteiger partial charge is 0.379 e. The zero-order valence-electron chi connectivity index (χ0n) is 20.3. The van der Waals surface area contributed by atoms with Crippen LogP contribution >= 0.6 is 0 Å². The summed E-state index contributed by atoms with van der Waals surface area (Å²) in [6.07, 6.45) is 0.744. The van der Waals surface area contributed by atoms with Crippen LogP contribution in [0.15, 0.2) is 95.9 Å². The van der Waals surface area contributed by atoms with Crippen LogP contribution in [0.1, 0.15) is 5.56 Å². The van der Waals surface area contributed by atoms with Crippen LogP contribution < -0.4 is 10.2 Å². The first-order chi connectivity index (χ1) is 17.9. The summed E-state index contributed by atoms with van der Waals surface area (Å²) in [5, 5.41) is 16.7. The summed E-state index contributed by atoms with van der Waals surface area (Å²) < 4.78 is 28.1. The third-order valence-corrected chi connectivity index (χ3v) is 8.61. The molecule has 0 atom stereocenters. The molecule has 37 heavy (non-hydrogen) atoms. The van der Waals surface area contributed by atoms with E-state index < -0.39 is 10.0 Å². The van der Waals surface area contributed by atoms with Crippen molar-refractivity contribution in [2.75, 3.05) is 42.9 Å². The maximum Gasteiger partial charge on any atom is 0.292 e. The standard InChI is InChI=1S/C28H28N4O4S/c33-32(34)28-13-11-25(21-27(28)29-15-14-22-6-2-1-3-7-22)30-16-18-31(19-17-30)37(35,36)26-12-10-23-8-4-5-9-24(23)20-26/h1-13,20-21,29H,14-19H2. The van der Waals surface area contributed by atoms with Crippen LogP contribution in [0.5, 0.6) is 0 Å². The minimum absolute atomic E-state index is 0.0225. The van der Waals surface area contributed by atoms with Crippen LogP contribution in [0.25, 0.3) is 10.8 Å². The zero-order chi connectivity index (χ0) is 25.8. The fourth-order valence-electron chi connectivity index (χ4n) is 4.67. The first kappa shape index (κ1) is 24.7. The van der Waals surface area contributed by atoms with Crippen molar-refractivity contribution in [3.63, 3.8) is 0 Å². The van der Waals surface area contributed by atoms with Gasteiger partial charge in [-0.05, 0) is 47.0 Å². The molecule has 1 aliphatic heterocycles. The van der Waals surface area contributed by atoms with E-state index >= 15 is 0 Å². The highest BCUT2D eigenvalue weighted by Crippen LogP contribution is 2.31. The van der Waals surface area contributed by atoms with Crippen molar-refractivity contribution in [2.24, 2.45) is 0 Å². The SMILES string of the molecule is O=[N+]([O-])c1ccc(N2CCN(S(=O)(=O)c3ccc4ccccc4c3)CC2)cc1NCCc1ccccc1. The highest BCUT2D eigenvalue weighted by molar-refractivity contribution is 7.89. The number of benzene rings is 4. The number of hydrogen-bond acceptors (Lipinski definition) is 6. The van der Waals surface area contributed by atoms with Crippen LogP contribution in [-0.2, 0) is 16.4 Å². The van der Waals surface area contributed by atoms with Gasteiger partial charge in [-0.2, -0.15) is 4.31 Å². The molecule has 0 saturated carbocycles. The van der Waals surface area contributed by atoms with E-state index in [1.54, 1.807) is 24.3 Å². The maximum atomic E-state index is 13.3. The lowest BCUT2D eigenvalue weighted by molar-refractivity contribution is -0.383. The van der Waals surface area contributed by atoms with E-state index in [0.717, 1.165) is 28.4 Å². The Morgan fingerprint density at radius 1 is 0.811 bits per heavy atom. The van der Waals surface area contributed by atoms with Crippen molar-refractivity contribution in [1.82, 2.24) is 4.31 Å². The molecule has 0 aliphatic carbocycles. The number of nitro groups is 1. The Labute approximate surface area is 216 Å². The Balaban J connectivity index is 1.27. The van der Waals surface area contributed by atoms with Crippen molar-refractivity contribution < 1.29 is 13.3 Å². The van der Waals surface area contributed by atoms with Crippen molar-refractivity contribution in [3.8, 4) is 0 Å². The maximum absolute atomic E-state index is 13.3. The van der Waals surface area contributed by atoms with Gasteiger partial charge >= 0.3 is 0 Å². The van der Waals surface area contributed by atoms with Gasteiger partial charge in [0.25, 0.3) is 5.69 Å². The molecule has 9 heteroatoms. The second kappa shape index (κ2) is 10.6. The monoisotopic (exact) mass is 516 g/mol. The van der Waals surface area contributed by atoms with Gasteiger partial charge in [0.1, 0.15) is 5.69 Å². The summed E-state index contributed by atoms with van der Waals surface area (Å²) in [5.74, 6) is 0. The van der Waals surface area contributed by atoms with E-state index in [-0.39, 0.29) is 10.6 Å². The van der Waals surface area contributed by atoms with Gasteiger partial charge in [-0.15, -0.1) is 0 Å². The molecule has 1 heterocycles. The van der Waals surface area contributed by atoms with Gasteiger partial charge in [0.05, 0.1) is 9.82 Å². The molecule has 1 fully saturated rings. The molecule has 1 saturated heterocycles. The normalized spacial score (nSPS) is 14.5. The second-order valence-electron chi connectivity index (χ2n) is 9.02. The average molecular weight is 517 g/mol. The van der Waals surface area contributed by atoms with E-state index in [9.17, 15) is 18.5 Å². The van der Waals surface area contributed by atoms with E-state index in [0.29, 0.717) is 43.3 Å². The third-order valence-electron chi connectivity index (χ3n) is 6.71. The summed E-state index contributed by atoms with van der Waals surface area (Å²) in [6.45, 7) is 2.22. The number of fused-ring (bicyclic) bond motifs is 1. The van der Waals surface area contributed by atoms with E-state index in [1.807, 2.05) is 60.7 Å². The molecular weight excluding hydrogens is 488 g/mol. The number of nitrogens with zero attached hydrogens (tertiary/aromatic N) is 3. The van der Waals surface area contributed by atoms with Gasteiger partial charge in [-0.25, -0.2) is 8.42 Å². The van der Waals surface area contributed by atoms with E-state index in [4.69, 9.17) is 0 Å². The van der Waals surface area contributed by atoms with Gasteiger partial charge < -0.3 is 10.2 Å². The Morgan fingerprint density at radius 3 is 2.24 bits per heavy atom. The number of sulfonamides is 1. The van der Waals surface area contributed by atoms with Gasteiger partial charge in [0.15, 0.2) is 0 Å². The molecule has 4 aromatic rings. The molecule has 8 nitrogen and oxygen atoms in total. The molecule has 0 amide bonds. The molecule has 4 aromatic carbocycles. The fourth-order valence-corrected chi connectivity index (χ4v) is 6.13. The van der Waals surface area contributed by atoms with E-state index in [2.05, 4.69) is 10.2 Å². The topological polar surface area (TPSA) is 95.8 Å². The Hall–Kier alpha value is -3.95. The number of anilines is 2. The molecule has 0 unspecified atom stereocenters. The van der Waals surface area contributed by atoms with Gasteiger partial charge in [0.2, 0.25) is 10.0 Å². The Kier molecular flexibility index (Phi) is 7.07. The summed E-state index contributed by atoms with van der Waals surface area (Å²) in [4.78, 5) is 13.6. The van der Waals surface area contributed by atoms with Crippen molar-refractivity contribution >= 4 is 37.9 Å². The summed E-state index contributed by atoms with van der Waals surface area (Å²) in [7, 11) is -3.62. The van der Waals surface area contributed by atoms with Crippen molar-refractivity contribution in [2.45, 2.75) is 11.3 Å². The zero-order valence-corrected chi connectivity index (χ0v) is 21.1. The van der Waals surface area contributed by atoms with Crippen molar-refractivity contribution in [3.05, 3.63) is 107 Å². The second-order valence-corrected chi connectivity index (χ2v) is 11.0. The molecule has 0 aromatic heterocycles. The first-order valence-corrected chi connectivity index (χ1v) is 13.7. The number of nitro benzene ring substituents is 1. The lowest BCUT2D eigenvalue weighted by Crippen LogP contribution is -2.48. The molecule has 0 radical (unpaired) electrons. The molecule has 0 spiro atoms. The van der Waals surface area contributed by atoms with E-state index in [1.165, 1.54) is 10.4 Å². The van der Waals surface area contributed by atoms with Crippen molar-refractivity contribution in [1.29, 1.82) is 0 Å². The smallest absolute Gasteiger partial charge is 0.292 e. The molecule has 1 N–H and O–H groups in total. The molecule has 190 valence electrons. The highest BCUT2D eigenvalue weighted by atomic mass is 32.2. The first-order valence-electron chi connectivity index (χ1n) is 12.2.